The molecule has 1 aromatic rings. The standard InChI is InChI=1S/C14H22N2S/c1-2-15-7-5-13-3-4-14(10-15)16(13)9-12-6-8-17-11-12/h6,8,11,13-14H,2-5,7,9-10H2,1H3. The first-order chi connectivity index (χ1) is 8.36. The lowest BCUT2D eigenvalue weighted by molar-refractivity contribution is 0.179. The lowest BCUT2D eigenvalue weighted by Crippen LogP contribution is -2.38. The Morgan fingerprint density at radius 3 is 2.94 bits per heavy atom. The van der Waals surface area contributed by atoms with Gasteiger partial charge in [0.2, 0.25) is 0 Å². The minimum absolute atomic E-state index is 0.808. The largest absolute Gasteiger partial charge is 0.302 e. The van der Waals surface area contributed by atoms with E-state index >= 15 is 0 Å². The Labute approximate surface area is 108 Å². The van der Waals surface area contributed by atoms with Crippen LogP contribution in [0.15, 0.2) is 16.8 Å². The third kappa shape index (κ3) is 2.42. The molecular weight excluding hydrogens is 228 g/mol. The van der Waals surface area contributed by atoms with Crippen LogP contribution in [0.25, 0.3) is 0 Å². The van der Waals surface area contributed by atoms with Crippen molar-refractivity contribution >= 4 is 11.3 Å². The number of hydrogen-bond acceptors (Lipinski definition) is 3. The highest BCUT2D eigenvalue weighted by molar-refractivity contribution is 7.07. The Morgan fingerprint density at radius 2 is 2.18 bits per heavy atom. The van der Waals surface area contributed by atoms with Crippen molar-refractivity contribution in [1.82, 2.24) is 9.80 Å². The van der Waals surface area contributed by atoms with E-state index in [0.29, 0.717) is 0 Å². The van der Waals surface area contributed by atoms with Crippen molar-refractivity contribution in [2.75, 3.05) is 19.6 Å². The normalized spacial score (nSPS) is 30.6. The van der Waals surface area contributed by atoms with Gasteiger partial charge in [0.25, 0.3) is 0 Å². The molecule has 3 heterocycles. The molecule has 2 saturated heterocycles. The quantitative estimate of drug-likeness (QED) is 0.814. The van der Waals surface area contributed by atoms with Gasteiger partial charge in [0.15, 0.2) is 0 Å². The van der Waals surface area contributed by atoms with Crippen LogP contribution in [0.3, 0.4) is 0 Å². The summed E-state index contributed by atoms with van der Waals surface area (Å²) in [5.41, 5.74) is 1.51. The van der Waals surface area contributed by atoms with Crippen LogP contribution >= 0.6 is 11.3 Å². The van der Waals surface area contributed by atoms with Gasteiger partial charge in [-0.2, -0.15) is 11.3 Å². The van der Waals surface area contributed by atoms with Gasteiger partial charge in [-0.3, -0.25) is 4.90 Å². The van der Waals surface area contributed by atoms with Crippen molar-refractivity contribution < 1.29 is 0 Å². The fraction of sp³-hybridized carbons (Fsp3) is 0.714. The zero-order valence-electron chi connectivity index (χ0n) is 10.6. The molecule has 0 aromatic carbocycles. The first-order valence-electron chi connectivity index (χ1n) is 6.86. The minimum atomic E-state index is 0.808. The summed E-state index contributed by atoms with van der Waals surface area (Å²) in [7, 11) is 0. The molecule has 2 atom stereocenters. The molecular formula is C14H22N2S. The molecule has 0 amide bonds. The van der Waals surface area contributed by atoms with E-state index in [4.69, 9.17) is 0 Å². The minimum Gasteiger partial charge on any atom is -0.302 e. The summed E-state index contributed by atoms with van der Waals surface area (Å²) in [6.07, 6.45) is 4.20. The maximum Gasteiger partial charge on any atom is 0.0248 e. The topological polar surface area (TPSA) is 6.48 Å². The Bertz CT molecular complexity index is 349. The maximum absolute atomic E-state index is 2.78. The van der Waals surface area contributed by atoms with Crippen molar-refractivity contribution in [1.29, 1.82) is 0 Å². The number of nitrogens with zero attached hydrogens (tertiary/aromatic N) is 2. The van der Waals surface area contributed by atoms with Crippen LogP contribution in [0, 0.1) is 0 Å². The highest BCUT2D eigenvalue weighted by Gasteiger charge is 2.36. The second-order valence-electron chi connectivity index (χ2n) is 5.37. The molecule has 3 rings (SSSR count). The van der Waals surface area contributed by atoms with Gasteiger partial charge in [0.05, 0.1) is 0 Å². The Balaban J connectivity index is 1.71. The zero-order valence-corrected chi connectivity index (χ0v) is 11.5. The SMILES string of the molecule is CCN1CCC2CCC(C1)N2Cc1ccsc1. The highest BCUT2D eigenvalue weighted by atomic mass is 32.1. The average molecular weight is 250 g/mol. The van der Waals surface area contributed by atoms with E-state index in [1.807, 2.05) is 11.3 Å². The van der Waals surface area contributed by atoms with E-state index in [-0.39, 0.29) is 0 Å². The van der Waals surface area contributed by atoms with Crippen LogP contribution < -0.4 is 0 Å². The van der Waals surface area contributed by atoms with Crippen molar-refractivity contribution in [2.45, 2.75) is 44.8 Å². The van der Waals surface area contributed by atoms with Gasteiger partial charge in [0.1, 0.15) is 0 Å². The van der Waals surface area contributed by atoms with E-state index in [0.717, 1.165) is 12.1 Å². The number of likely N-dealkylation sites (tertiary alicyclic amines) is 1. The molecule has 3 heteroatoms. The van der Waals surface area contributed by atoms with Crippen molar-refractivity contribution in [3.63, 3.8) is 0 Å². The van der Waals surface area contributed by atoms with Crippen LogP contribution in [-0.2, 0) is 6.54 Å². The van der Waals surface area contributed by atoms with Crippen molar-refractivity contribution in [3.05, 3.63) is 22.4 Å². The molecule has 2 aliphatic heterocycles. The predicted octanol–water partition coefficient (Wildman–Crippen LogP) is 2.81. The fourth-order valence-corrected chi connectivity index (χ4v) is 4.04. The molecule has 2 unspecified atom stereocenters. The molecule has 0 spiro atoms. The Kier molecular flexibility index (Phi) is 3.50. The van der Waals surface area contributed by atoms with Gasteiger partial charge in [-0.15, -0.1) is 0 Å². The summed E-state index contributed by atoms with van der Waals surface area (Å²) in [5.74, 6) is 0. The number of hydrogen-bond donors (Lipinski definition) is 0. The van der Waals surface area contributed by atoms with Crippen molar-refractivity contribution in [2.24, 2.45) is 0 Å². The van der Waals surface area contributed by atoms with Gasteiger partial charge >= 0.3 is 0 Å². The summed E-state index contributed by atoms with van der Waals surface area (Å²) < 4.78 is 0. The van der Waals surface area contributed by atoms with Gasteiger partial charge < -0.3 is 4.90 Å². The Hall–Kier alpha value is -0.380. The first kappa shape index (κ1) is 11.7. The molecule has 2 aliphatic rings. The van der Waals surface area contributed by atoms with E-state index < -0.39 is 0 Å². The van der Waals surface area contributed by atoms with E-state index in [1.54, 1.807) is 0 Å². The molecule has 2 fully saturated rings. The summed E-state index contributed by atoms with van der Waals surface area (Å²) in [6.45, 7) is 7.28. The first-order valence-corrected chi connectivity index (χ1v) is 7.80. The van der Waals surface area contributed by atoms with Crippen LogP contribution in [0.1, 0.15) is 31.7 Å². The van der Waals surface area contributed by atoms with Crippen LogP contribution in [-0.4, -0.2) is 41.5 Å². The van der Waals surface area contributed by atoms with Gasteiger partial charge in [0, 0.05) is 25.2 Å². The molecule has 2 nitrogen and oxygen atoms in total. The summed E-state index contributed by atoms with van der Waals surface area (Å²) in [5, 5.41) is 4.51. The number of fused-ring (bicyclic) bond motifs is 2. The summed E-state index contributed by atoms with van der Waals surface area (Å²) in [4.78, 5) is 5.40. The lowest BCUT2D eigenvalue weighted by atomic mass is 10.1. The molecule has 0 aliphatic carbocycles. The fourth-order valence-electron chi connectivity index (χ4n) is 3.38. The van der Waals surface area contributed by atoms with E-state index in [2.05, 4.69) is 33.6 Å². The second-order valence-corrected chi connectivity index (χ2v) is 6.15. The Morgan fingerprint density at radius 1 is 1.29 bits per heavy atom. The van der Waals surface area contributed by atoms with E-state index in [9.17, 15) is 0 Å². The molecule has 1 aromatic heterocycles. The molecule has 0 radical (unpaired) electrons. The lowest BCUT2D eigenvalue weighted by Gasteiger charge is -2.28. The molecule has 0 N–H and O–H groups in total. The van der Waals surface area contributed by atoms with Gasteiger partial charge in [-0.1, -0.05) is 6.92 Å². The van der Waals surface area contributed by atoms with Crippen LogP contribution in [0.2, 0.25) is 0 Å². The smallest absolute Gasteiger partial charge is 0.0248 e. The molecule has 17 heavy (non-hydrogen) atoms. The second kappa shape index (κ2) is 5.09. The van der Waals surface area contributed by atoms with Crippen LogP contribution in [0.5, 0.6) is 0 Å². The average Bonchev–Trinajstić information content (AvgIpc) is 2.89. The third-order valence-electron chi connectivity index (χ3n) is 4.41. The summed E-state index contributed by atoms with van der Waals surface area (Å²) >= 11 is 1.82. The monoisotopic (exact) mass is 250 g/mol. The predicted molar refractivity (Wildman–Crippen MR) is 73.4 cm³/mol. The molecule has 94 valence electrons. The zero-order chi connectivity index (χ0) is 11.7. The maximum atomic E-state index is 2.78. The number of rotatable bonds is 3. The van der Waals surface area contributed by atoms with Gasteiger partial charge in [-0.25, -0.2) is 0 Å². The third-order valence-corrected chi connectivity index (χ3v) is 5.14. The highest BCUT2D eigenvalue weighted by Crippen LogP contribution is 2.31. The van der Waals surface area contributed by atoms with E-state index in [1.165, 1.54) is 51.0 Å². The molecule has 2 bridgehead atoms. The van der Waals surface area contributed by atoms with Crippen LogP contribution in [0.4, 0.5) is 0 Å². The summed E-state index contributed by atoms with van der Waals surface area (Å²) in [6, 6.07) is 3.94. The van der Waals surface area contributed by atoms with Gasteiger partial charge in [-0.05, 0) is 54.7 Å². The number of thiophene rings is 1. The number of likely N-dealkylation sites (N-methyl/N-ethyl adjacent to an activating group) is 1. The molecule has 0 saturated carbocycles. The van der Waals surface area contributed by atoms with Crippen molar-refractivity contribution in [3.8, 4) is 0 Å².